The molecule has 1 aromatic heterocycles. The van der Waals surface area contributed by atoms with Crippen molar-refractivity contribution in [3.05, 3.63) is 66.7 Å². The van der Waals surface area contributed by atoms with Crippen molar-refractivity contribution in [2.45, 2.75) is 30.8 Å². The average Bonchev–Trinajstić information content (AvgIpc) is 3.25. The molecule has 1 aliphatic rings. The van der Waals surface area contributed by atoms with Crippen LogP contribution in [0.5, 0.6) is 0 Å². The van der Waals surface area contributed by atoms with Crippen molar-refractivity contribution < 1.29 is 24.5 Å². The number of rotatable bonds is 4. The zero-order valence-corrected chi connectivity index (χ0v) is 14.6. The van der Waals surface area contributed by atoms with Crippen LogP contribution in [-0.2, 0) is 4.74 Å². The van der Waals surface area contributed by atoms with Crippen molar-refractivity contribution in [1.29, 1.82) is 0 Å². The maximum atomic E-state index is 10.3. The number of nitrogens with zero attached hydrogens (tertiary/aromatic N) is 1. The molecule has 4 rings (SSSR count). The van der Waals surface area contributed by atoms with E-state index in [2.05, 4.69) is 4.98 Å². The maximum Gasteiger partial charge on any atom is 0.181 e. The lowest BCUT2D eigenvalue weighted by Crippen LogP contribution is -2.44. The first-order chi connectivity index (χ1) is 13.2. The van der Waals surface area contributed by atoms with Gasteiger partial charge in [-0.05, 0) is 22.8 Å². The molecule has 140 valence electrons. The Morgan fingerprint density at radius 1 is 1.00 bits per heavy atom. The van der Waals surface area contributed by atoms with Crippen LogP contribution in [0.2, 0.25) is 0 Å². The molecule has 1 fully saturated rings. The zero-order valence-electron chi connectivity index (χ0n) is 14.6. The highest BCUT2D eigenvalue weighted by atomic mass is 16.5. The first-order valence-corrected chi connectivity index (χ1v) is 8.87. The molecule has 27 heavy (non-hydrogen) atoms. The van der Waals surface area contributed by atoms with Gasteiger partial charge in [-0.3, -0.25) is 0 Å². The summed E-state index contributed by atoms with van der Waals surface area (Å²) in [6.45, 7) is -0.191. The van der Waals surface area contributed by atoms with Gasteiger partial charge < -0.3 is 24.5 Å². The second-order valence-electron chi connectivity index (χ2n) is 6.72. The minimum absolute atomic E-state index is 0.191. The Hall–Kier alpha value is -2.51. The van der Waals surface area contributed by atoms with E-state index < -0.39 is 24.4 Å². The van der Waals surface area contributed by atoms with Crippen molar-refractivity contribution in [2.24, 2.45) is 0 Å². The second-order valence-corrected chi connectivity index (χ2v) is 6.72. The Morgan fingerprint density at radius 3 is 2.48 bits per heavy atom. The number of hydrogen-bond acceptors (Lipinski definition) is 6. The molecule has 6 nitrogen and oxygen atoms in total. The van der Waals surface area contributed by atoms with E-state index in [9.17, 15) is 15.3 Å². The van der Waals surface area contributed by atoms with Crippen molar-refractivity contribution in [1.82, 2.24) is 4.98 Å². The zero-order chi connectivity index (χ0) is 18.8. The monoisotopic (exact) mass is 367 g/mol. The summed E-state index contributed by atoms with van der Waals surface area (Å²) in [6.07, 6.45) is 0.160. The molecule has 0 aliphatic carbocycles. The lowest BCUT2D eigenvalue weighted by atomic mass is 9.91. The molecule has 3 N–H and O–H groups in total. The van der Waals surface area contributed by atoms with E-state index >= 15 is 0 Å². The number of ether oxygens (including phenoxy) is 1. The standard InChI is InChI=1S/C21H21NO5/c23-11-17-9-18(24)20(25)21(27-17)16-3-1-2-15(8-16)13-4-6-14(7-5-13)19-10-22-12-26-19/h1-8,10,12,17-18,20-21,23-25H,9,11H2/t17-,18-,20-,21+/m0/s1. The smallest absolute Gasteiger partial charge is 0.181 e. The SMILES string of the molecule is OC[C@@H]1C[C@H](O)[C@H](O)[C@@H](c2cccc(-c3ccc(-c4cnco4)cc3)c2)O1. The number of aliphatic hydroxyl groups is 3. The fourth-order valence-electron chi connectivity index (χ4n) is 3.43. The van der Waals surface area contributed by atoms with Gasteiger partial charge in [-0.2, -0.15) is 0 Å². The van der Waals surface area contributed by atoms with E-state index in [0.29, 0.717) is 5.76 Å². The van der Waals surface area contributed by atoms with Gasteiger partial charge in [-0.25, -0.2) is 4.98 Å². The van der Waals surface area contributed by atoms with Gasteiger partial charge in [0.2, 0.25) is 0 Å². The molecule has 3 aromatic rings. The van der Waals surface area contributed by atoms with Crippen LogP contribution in [0, 0.1) is 0 Å². The molecule has 2 heterocycles. The summed E-state index contributed by atoms with van der Waals surface area (Å²) in [4.78, 5) is 3.93. The van der Waals surface area contributed by atoms with E-state index in [1.807, 2.05) is 48.5 Å². The number of benzene rings is 2. The highest BCUT2D eigenvalue weighted by Crippen LogP contribution is 2.34. The molecule has 0 unspecified atom stereocenters. The predicted molar refractivity (Wildman–Crippen MR) is 98.7 cm³/mol. The Morgan fingerprint density at radius 2 is 1.78 bits per heavy atom. The van der Waals surface area contributed by atoms with Gasteiger partial charge in [-0.15, -0.1) is 0 Å². The van der Waals surface area contributed by atoms with Gasteiger partial charge in [0.05, 0.1) is 25.0 Å². The molecule has 1 aliphatic heterocycles. The van der Waals surface area contributed by atoms with Crippen molar-refractivity contribution >= 4 is 0 Å². The molecular weight excluding hydrogens is 346 g/mol. The topological polar surface area (TPSA) is 96.0 Å². The van der Waals surface area contributed by atoms with Crippen LogP contribution < -0.4 is 0 Å². The van der Waals surface area contributed by atoms with Crippen molar-refractivity contribution in [3.63, 3.8) is 0 Å². The number of aromatic nitrogens is 1. The quantitative estimate of drug-likeness (QED) is 0.656. The summed E-state index contributed by atoms with van der Waals surface area (Å²) in [5, 5.41) is 29.8. The number of oxazole rings is 1. The van der Waals surface area contributed by atoms with Crippen molar-refractivity contribution in [3.8, 4) is 22.5 Å². The Labute approximate surface area is 156 Å². The summed E-state index contributed by atoms with van der Waals surface area (Å²) in [5.41, 5.74) is 3.67. The van der Waals surface area contributed by atoms with Crippen LogP contribution >= 0.6 is 0 Å². The fraction of sp³-hybridized carbons (Fsp3) is 0.286. The average molecular weight is 367 g/mol. The fourth-order valence-corrected chi connectivity index (χ4v) is 3.43. The summed E-state index contributed by atoms with van der Waals surface area (Å²) >= 11 is 0. The van der Waals surface area contributed by atoms with Gasteiger partial charge in [0.25, 0.3) is 0 Å². The third kappa shape index (κ3) is 3.65. The summed E-state index contributed by atoms with van der Waals surface area (Å²) in [5.74, 6) is 0.707. The van der Waals surface area contributed by atoms with Gasteiger partial charge in [0.15, 0.2) is 12.2 Å². The third-order valence-electron chi connectivity index (χ3n) is 4.90. The molecule has 0 spiro atoms. The van der Waals surface area contributed by atoms with Gasteiger partial charge in [0, 0.05) is 12.0 Å². The Bertz CT molecular complexity index is 878. The minimum atomic E-state index is -1.03. The van der Waals surface area contributed by atoms with Gasteiger partial charge in [-0.1, -0.05) is 42.5 Å². The normalized spacial score (nSPS) is 25.4. The highest BCUT2D eigenvalue weighted by Gasteiger charge is 2.37. The first kappa shape index (κ1) is 17.9. The molecular formula is C21H21NO5. The van der Waals surface area contributed by atoms with Gasteiger partial charge in [0.1, 0.15) is 12.2 Å². The largest absolute Gasteiger partial charge is 0.444 e. The third-order valence-corrected chi connectivity index (χ3v) is 4.90. The molecule has 4 atom stereocenters. The number of aliphatic hydroxyl groups excluding tert-OH is 3. The predicted octanol–water partition coefficient (Wildman–Crippen LogP) is 2.55. The highest BCUT2D eigenvalue weighted by molar-refractivity contribution is 5.68. The number of hydrogen-bond donors (Lipinski definition) is 3. The van der Waals surface area contributed by atoms with Crippen LogP contribution in [0.15, 0.2) is 65.5 Å². The molecule has 0 radical (unpaired) electrons. The van der Waals surface area contributed by atoms with Crippen LogP contribution in [0.3, 0.4) is 0 Å². The van der Waals surface area contributed by atoms with E-state index in [1.165, 1.54) is 6.39 Å². The molecule has 1 saturated heterocycles. The summed E-state index contributed by atoms with van der Waals surface area (Å²) in [7, 11) is 0. The van der Waals surface area contributed by atoms with E-state index in [4.69, 9.17) is 9.15 Å². The maximum absolute atomic E-state index is 10.3. The summed E-state index contributed by atoms with van der Waals surface area (Å²) < 4.78 is 11.1. The first-order valence-electron chi connectivity index (χ1n) is 8.87. The van der Waals surface area contributed by atoms with E-state index in [0.717, 1.165) is 22.3 Å². The summed E-state index contributed by atoms with van der Waals surface area (Å²) in [6, 6.07) is 15.5. The molecule has 0 saturated carbocycles. The second kappa shape index (κ2) is 7.62. The molecule has 2 aromatic carbocycles. The van der Waals surface area contributed by atoms with Crippen LogP contribution in [0.1, 0.15) is 18.1 Å². The Balaban J connectivity index is 1.60. The van der Waals surface area contributed by atoms with E-state index in [1.54, 1.807) is 6.20 Å². The van der Waals surface area contributed by atoms with E-state index in [-0.39, 0.29) is 13.0 Å². The minimum Gasteiger partial charge on any atom is -0.444 e. The van der Waals surface area contributed by atoms with Crippen molar-refractivity contribution in [2.75, 3.05) is 6.61 Å². The lowest BCUT2D eigenvalue weighted by molar-refractivity contribution is -0.179. The Kier molecular flexibility index (Phi) is 5.05. The van der Waals surface area contributed by atoms with Crippen LogP contribution in [-0.4, -0.2) is 45.2 Å². The molecule has 6 heteroatoms. The van der Waals surface area contributed by atoms with Gasteiger partial charge >= 0.3 is 0 Å². The molecule has 0 amide bonds. The molecule has 0 bridgehead atoms. The van der Waals surface area contributed by atoms with Crippen LogP contribution in [0.25, 0.3) is 22.5 Å². The lowest BCUT2D eigenvalue weighted by Gasteiger charge is -2.37. The van der Waals surface area contributed by atoms with Crippen LogP contribution in [0.4, 0.5) is 0 Å².